The maximum absolute atomic E-state index is 12.6. The van der Waals surface area contributed by atoms with Crippen LogP contribution in [0.5, 0.6) is 5.75 Å². The number of rotatable bonds is 5. The summed E-state index contributed by atoms with van der Waals surface area (Å²) >= 11 is 5.99. The number of carbonyl (C=O) groups is 1. The van der Waals surface area contributed by atoms with Gasteiger partial charge in [0.15, 0.2) is 0 Å². The van der Waals surface area contributed by atoms with Crippen LogP contribution in [0.15, 0.2) is 42.5 Å². The van der Waals surface area contributed by atoms with Gasteiger partial charge in [-0.05, 0) is 48.4 Å². The number of benzene rings is 2. The summed E-state index contributed by atoms with van der Waals surface area (Å²) in [5.74, 6) is -0.930. The molecule has 1 heterocycles. The average molecular weight is 425 g/mol. The van der Waals surface area contributed by atoms with Crippen molar-refractivity contribution in [1.82, 2.24) is 9.78 Å². The molecule has 0 saturated carbocycles. The third-order valence-corrected chi connectivity index (χ3v) is 4.42. The highest BCUT2D eigenvalue weighted by Crippen LogP contribution is 2.29. The molecule has 0 aliphatic carbocycles. The molecule has 152 valence electrons. The lowest BCUT2D eigenvalue weighted by molar-refractivity contribution is -0.274. The molecule has 0 atom stereocenters. The number of halogens is 4. The molecule has 0 N–H and O–H groups in total. The second-order valence-electron chi connectivity index (χ2n) is 6.20. The van der Waals surface area contributed by atoms with Crippen LogP contribution in [0, 0.1) is 6.92 Å². The Balaban J connectivity index is 2.08. The Morgan fingerprint density at radius 3 is 2.66 bits per heavy atom. The Kier molecular flexibility index (Phi) is 5.83. The van der Waals surface area contributed by atoms with E-state index in [1.54, 1.807) is 16.8 Å². The molecule has 0 spiro atoms. The fraction of sp³-hybridized carbons (Fsp3) is 0.200. The zero-order chi connectivity index (χ0) is 21.2. The minimum Gasteiger partial charge on any atom is -0.466 e. The van der Waals surface area contributed by atoms with Gasteiger partial charge >= 0.3 is 12.3 Å². The topological polar surface area (TPSA) is 53.3 Å². The third kappa shape index (κ3) is 5.08. The van der Waals surface area contributed by atoms with Gasteiger partial charge in [-0.2, -0.15) is 5.10 Å². The SMILES string of the molecule is COC(=O)/C=C/c1nn(Cc2ccc(Cl)cc2C)c2cc(OC(F)(F)F)ccc12. The van der Waals surface area contributed by atoms with Crippen LogP contribution in [-0.4, -0.2) is 29.2 Å². The Morgan fingerprint density at radius 1 is 1.24 bits per heavy atom. The second kappa shape index (κ2) is 8.16. The molecule has 0 amide bonds. The second-order valence-corrected chi connectivity index (χ2v) is 6.63. The van der Waals surface area contributed by atoms with Crippen LogP contribution in [0.1, 0.15) is 16.8 Å². The number of hydrogen-bond donors (Lipinski definition) is 0. The largest absolute Gasteiger partial charge is 0.573 e. The Bertz CT molecular complexity index is 1090. The normalized spacial score (nSPS) is 11.9. The van der Waals surface area contributed by atoms with Gasteiger partial charge < -0.3 is 9.47 Å². The molecule has 5 nitrogen and oxygen atoms in total. The van der Waals surface area contributed by atoms with Gasteiger partial charge in [0.1, 0.15) is 5.75 Å². The van der Waals surface area contributed by atoms with E-state index in [1.165, 1.54) is 37.5 Å². The molecule has 0 aliphatic heterocycles. The predicted molar refractivity (Wildman–Crippen MR) is 103 cm³/mol. The van der Waals surface area contributed by atoms with Crippen molar-refractivity contribution >= 4 is 34.5 Å². The van der Waals surface area contributed by atoms with Gasteiger partial charge in [-0.15, -0.1) is 13.2 Å². The minimum absolute atomic E-state index is 0.293. The van der Waals surface area contributed by atoms with Crippen LogP contribution in [0.25, 0.3) is 17.0 Å². The quantitative estimate of drug-likeness (QED) is 0.421. The molecule has 0 fully saturated rings. The van der Waals surface area contributed by atoms with Crippen LogP contribution in [0.4, 0.5) is 13.2 Å². The molecule has 1 aromatic heterocycles. The molecule has 2 aromatic carbocycles. The number of alkyl halides is 3. The van der Waals surface area contributed by atoms with E-state index in [9.17, 15) is 18.0 Å². The summed E-state index contributed by atoms with van der Waals surface area (Å²) < 4.78 is 48.0. The number of ether oxygens (including phenoxy) is 2. The number of aryl methyl sites for hydroxylation is 1. The first-order chi connectivity index (χ1) is 13.7. The van der Waals surface area contributed by atoms with Crippen LogP contribution in [0.2, 0.25) is 5.02 Å². The van der Waals surface area contributed by atoms with Crippen LogP contribution >= 0.6 is 11.6 Å². The Hall–Kier alpha value is -3.00. The Labute approximate surface area is 169 Å². The van der Waals surface area contributed by atoms with Gasteiger partial charge in [0.25, 0.3) is 0 Å². The fourth-order valence-electron chi connectivity index (χ4n) is 2.83. The van der Waals surface area contributed by atoms with Crippen molar-refractivity contribution < 1.29 is 27.4 Å². The summed E-state index contributed by atoms with van der Waals surface area (Å²) in [6.07, 6.45) is -2.16. The van der Waals surface area contributed by atoms with Gasteiger partial charge in [0.05, 0.1) is 24.9 Å². The van der Waals surface area contributed by atoms with E-state index in [4.69, 9.17) is 11.6 Å². The summed E-state index contributed by atoms with van der Waals surface area (Å²) in [6, 6.07) is 9.27. The number of nitrogens with zero attached hydrogens (tertiary/aromatic N) is 2. The van der Waals surface area contributed by atoms with E-state index in [2.05, 4.69) is 14.6 Å². The number of fused-ring (bicyclic) bond motifs is 1. The van der Waals surface area contributed by atoms with E-state index < -0.39 is 12.3 Å². The molecule has 3 rings (SSSR count). The zero-order valence-electron chi connectivity index (χ0n) is 15.5. The van der Waals surface area contributed by atoms with Crippen molar-refractivity contribution in [3.63, 3.8) is 0 Å². The van der Waals surface area contributed by atoms with Crippen molar-refractivity contribution in [2.45, 2.75) is 19.8 Å². The first-order valence-electron chi connectivity index (χ1n) is 8.43. The maximum atomic E-state index is 12.6. The highest BCUT2D eigenvalue weighted by molar-refractivity contribution is 6.30. The van der Waals surface area contributed by atoms with Crippen molar-refractivity contribution in [2.75, 3.05) is 7.11 Å². The predicted octanol–water partition coefficient (Wildman–Crippen LogP) is 5.13. The van der Waals surface area contributed by atoms with E-state index >= 15 is 0 Å². The molecule has 3 aromatic rings. The molecule has 9 heteroatoms. The van der Waals surface area contributed by atoms with Crippen molar-refractivity contribution in [3.05, 3.63) is 64.3 Å². The summed E-state index contributed by atoms with van der Waals surface area (Å²) in [7, 11) is 1.24. The van der Waals surface area contributed by atoms with Crippen LogP contribution in [-0.2, 0) is 16.1 Å². The first kappa shape index (κ1) is 20.7. The maximum Gasteiger partial charge on any atom is 0.573 e. The number of esters is 1. The molecule has 0 aliphatic rings. The van der Waals surface area contributed by atoms with Gasteiger partial charge in [-0.25, -0.2) is 4.79 Å². The van der Waals surface area contributed by atoms with Gasteiger partial charge in [-0.1, -0.05) is 17.7 Å². The van der Waals surface area contributed by atoms with E-state index in [0.29, 0.717) is 28.2 Å². The highest BCUT2D eigenvalue weighted by atomic mass is 35.5. The van der Waals surface area contributed by atoms with Crippen molar-refractivity contribution in [2.24, 2.45) is 0 Å². The highest BCUT2D eigenvalue weighted by Gasteiger charge is 2.31. The average Bonchev–Trinajstić information content (AvgIpc) is 2.97. The summed E-state index contributed by atoms with van der Waals surface area (Å²) in [6.45, 7) is 2.17. The van der Waals surface area contributed by atoms with Gasteiger partial charge in [-0.3, -0.25) is 4.68 Å². The Morgan fingerprint density at radius 2 is 2.00 bits per heavy atom. The number of aromatic nitrogens is 2. The molecule has 29 heavy (non-hydrogen) atoms. The lowest BCUT2D eigenvalue weighted by Gasteiger charge is -2.10. The summed E-state index contributed by atoms with van der Waals surface area (Å²) in [5.41, 5.74) is 2.64. The molecule has 0 bridgehead atoms. The van der Waals surface area contributed by atoms with Crippen LogP contribution < -0.4 is 4.74 Å². The van der Waals surface area contributed by atoms with Crippen molar-refractivity contribution in [3.8, 4) is 5.75 Å². The van der Waals surface area contributed by atoms with E-state index in [0.717, 1.165) is 11.1 Å². The first-order valence-corrected chi connectivity index (χ1v) is 8.81. The monoisotopic (exact) mass is 424 g/mol. The molecule has 0 radical (unpaired) electrons. The molecule has 0 saturated heterocycles. The lowest BCUT2D eigenvalue weighted by atomic mass is 10.1. The van der Waals surface area contributed by atoms with Gasteiger partial charge in [0.2, 0.25) is 0 Å². The van der Waals surface area contributed by atoms with Gasteiger partial charge in [0, 0.05) is 22.6 Å². The van der Waals surface area contributed by atoms with Crippen molar-refractivity contribution in [1.29, 1.82) is 0 Å². The minimum atomic E-state index is -4.81. The smallest absolute Gasteiger partial charge is 0.466 e. The molecule has 0 unspecified atom stereocenters. The van der Waals surface area contributed by atoms with E-state index in [1.807, 2.05) is 13.0 Å². The number of carbonyl (C=O) groups excluding carboxylic acids is 1. The standard InChI is InChI=1S/C20H16ClF3N2O3/c1-12-9-14(21)4-3-13(12)11-26-18-10-15(29-20(22,23)24)5-6-16(18)17(25-26)7-8-19(27)28-2/h3-10H,11H2,1-2H3/b8-7+. The fourth-order valence-corrected chi connectivity index (χ4v) is 3.06. The molecular weight excluding hydrogens is 409 g/mol. The summed E-state index contributed by atoms with van der Waals surface area (Å²) in [4.78, 5) is 11.4. The number of methoxy groups -OCH3 is 1. The van der Waals surface area contributed by atoms with Crippen LogP contribution in [0.3, 0.4) is 0 Å². The zero-order valence-corrected chi connectivity index (χ0v) is 16.2. The molecular formula is C20H16ClF3N2O3. The third-order valence-electron chi connectivity index (χ3n) is 4.19. The van der Waals surface area contributed by atoms with E-state index in [-0.39, 0.29) is 5.75 Å². The number of hydrogen-bond acceptors (Lipinski definition) is 4. The summed E-state index contributed by atoms with van der Waals surface area (Å²) in [5, 5.41) is 5.59. The lowest BCUT2D eigenvalue weighted by Crippen LogP contribution is -2.17.